The van der Waals surface area contributed by atoms with Gasteiger partial charge in [-0.25, -0.2) is 0 Å². The van der Waals surface area contributed by atoms with Gasteiger partial charge >= 0.3 is 0 Å². The number of methoxy groups -OCH3 is 1. The molecule has 1 aliphatic rings. The number of nitrogens with zero attached hydrogens (tertiary/aromatic N) is 1. The first-order valence-electron chi connectivity index (χ1n) is 9.86. The summed E-state index contributed by atoms with van der Waals surface area (Å²) in [6.07, 6.45) is 3.59. The molecule has 7 nitrogen and oxygen atoms in total. The number of allylic oxidation sites excluding steroid dienone is 1. The number of thioether (sulfide) groups is 1. The monoisotopic (exact) mass is 452 g/mol. The molecule has 1 heterocycles. The van der Waals surface area contributed by atoms with Gasteiger partial charge in [-0.2, -0.15) is 0 Å². The third-order valence-electron chi connectivity index (χ3n) is 5.02. The van der Waals surface area contributed by atoms with Crippen LogP contribution in [0.4, 0.5) is 10.5 Å². The lowest BCUT2D eigenvalue weighted by Crippen LogP contribution is -2.36. The molecule has 32 heavy (non-hydrogen) atoms. The molecular formula is C24H24N2O5S. The van der Waals surface area contributed by atoms with Crippen LogP contribution in [-0.2, 0) is 16.0 Å². The van der Waals surface area contributed by atoms with Crippen LogP contribution in [0, 0.1) is 13.8 Å². The summed E-state index contributed by atoms with van der Waals surface area (Å²) < 4.78 is 5.20. The number of imide groups is 1. The fraction of sp³-hybridized carbons (Fsp3) is 0.208. The first-order chi connectivity index (χ1) is 15.2. The molecule has 3 amide bonds. The lowest BCUT2D eigenvalue weighted by molar-refractivity contribution is -0.127. The normalized spacial score (nSPS) is 14.7. The van der Waals surface area contributed by atoms with Crippen LogP contribution in [0.1, 0.15) is 22.3 Å². The van der Waals surface area contributed by atoms with E-state index in [1.165, 1.54) is 7.11 Å². The molecule has 1 aliphatic heterocycles. The van der Waals surface area contributed by atoms with Crippen LogP contribution >= 0.6 is 11.8 Å². The maximum Gasteiger partial charge on any atom is 0.294 e. The van der Waals surface area contributed by atoms with Crippen molar-refractivity contribution in [3.05, 3.63) is 70.1 Å². The second-order valence-electron chi connectivity index (χ2n) is 7.34. The number of phenols is 1. The smallest absolute Gasteiger partial charge is 0.294 e. The van der Waals surface area contributed by atoms with Gasteiger partial charge in [0.1, 0.15) is 6.54 Å². The lowest BCUT2D eigenvalue weighted by Gasteiger charge is -2.13. The number of carbonyl (C=O) groups is 3. The van der Waals surface area contributed by atoms with Crippen LogP contribution in [0.5, 0.6) is 11.5 Å². The van der Waals surface area contributed by atoms with Gasteiger partial charge in [0.15, 0.2) is 11.5 Å². The SMILES string of the molecule is C=CCc1cc(/C=C2\SC(=O)N(CC(=O)Nc3ccc(C)c(C)c3)C2=O)cc(OC)c1O. The molecule has 0 saturated carbocycles. The Bertz CT molecular complexity index is 1140. The second kappa shape index (κ2) is 9.74. The average molecular weight is 453 g/mol. The molecular weight excluding hydrogens is 428 g/mol. The molecule has 0 aliphatic carbocycles. The Hall–Kier alpha value is -3.52. The molecule has 8 heteroatoms. The number of amides is 3. The summed E-state index contributed by atoms with van der Waals surface area (Å²) >= 11 is 0.761. The van der Waals surface area contributed by atoms with Crippen molar-refractivity contribution in [2.24, 2.45) is 0 Å². The summed E-state index contributed by atoms with van der Waals surface area (Å²) in [5, 5.41) is 12.4. The van der Waals surface area contributed by atoms with Gasteiger partial charge in [0.2, 0.25) is 5.91 Å². The summed E-state index contributed by atoms with van der Waals surface area (Å²) in [4.78, 5) is 38.7. The van der Waals surface area contributed by atoms with Crippen LogP contribution in [0.15, 0.2) is 47.9 Å². The van der Waals surface area contributed by atoms with Gasteiger partial charge < -0.3 is 15.2 Å². The zero-order valence-electron chi connectivity index (χ0n) is 18.1. The number of hydrogen-bond donors (Lipinski definition) is 2. The molecule has 166 valence electrons. The maximum atomic E-state index is 12.8. The first-order valence-corrected chi connectivity index (χ1v) is 10.7. The van der Waals surface area contributed by atoms with Crippen molar-refractivity contribution in [2.75, 3.05) is 19.0 Å². The molecule has 0 atom stereocenters. The highest BCUT2D eigenvalue weighted by molar-refractivity contribution is 8.18. The van der Waals surface area contributed by atoms with Gasteiger partial charge in [0, 0.05) is 11.3 Å². The number of ether oxygens (including phenoxy) is 1. The Balaban J connectivity index is 1.77. The molecule has 3 rings (SSSR count). The highest BCUT2D eigenvalue weighted by Gasteiger charge is 2.36. The zero-order chi connectivity index (χ0) is 23.4. The van der Waals surface area contributed by atoms with E-state index in [4.69, 9.17) is 4.74 Å². The van der Waals surface area contributed by atoms with Gasteiger partial charge in [-0.15, -0.1) is 6.58 Å². The van der Waals surface area contributed by atoms with Crippen LogP contribution in [0.3, 0.4) is 0 Å². The number of aryl methyl sites for hydroxylation is 2. The summed E-state index contributed by atoms with van der Waals surface area (Å²) in [5.74, 6) is -0.757. The van der Waals surface area contributed by atoms with Crippen molar-refractivity contribution in [3.63, 3.8) is 0 Å². The van der Waals surface area contributed by atoms with E-state index in [9.17, 15) is 19.5 Å². The number of benzene rings is 2. The molecule has 0 bridgehead atoms. The van der Waals surface area contributed by atoms with Crippen LogP contribution in [0.2, 0.25) is 0 Å². The molecule has 0 unspecified atom stereocenters. The number of anilines is 1. The Labute approximate surface area is 190 Å². The van der Waals surface area contributed by atoms with Gasteiger partial charge in [-0.3, -0.25) is 19.3 Å². The number of nitrogens with one attached hydrogen (secondary N) is 1. The molecule has 1 fully saturated rings. The molecule has 1 saturated heterocycles. The third-order valence-corrected chi connectivity index (χ3v) is 5.93. The Morgan fingerprint density at radius 3 is 2.62 bits per heavy atom. The Kier molecular flexibility index (Phi) is 7.05. The van der Waals surface area contributed by atoms with E-state index in [-0.39, 0.29) is 22.9 Å². The van der Waals surface area contributed by atoms with Gasteiger partial charge in [0.25, 0.3) is 11.1 Å². The molecule has 0 radical (unpaired) electrons. The Morgan fingerprint density at radius 1 is 1.22 bits per heavy atom. The molecule has 2 aromatic carbocycles. The zero-order valence-corrected chi connectivity index (χ0v) is 18.9. The number of aromatic hydroxyl groups is 1. The fourth-order valence-corrected chi connectivity index (χ4v) is 4.03. The van der Waals surface area contributed by atoms with Gasteiger partial charge in [-0.05, 0) is 79.1 Å². The number of phenolic OH excluding ortho intramolecular Hbond substituents is 1. The molecule has 2 aromatic rings. The van der Waals surface area contributed by atoms with E-state index in [1.54, 1.807) is 30.4 Å². The minimum absolute atomic E-state index is 0.000618. The quantitative estimate of drug-likeness (QED) is 0.477. The standard InChI is InChI=1S/C24H24N2O5S/c1-5-6-17-10-16(11-19(31-4)22(17)28)12-20-23(29)26(24(30)32-20)13-21(27)25-18-8-7-14(2)15(3)9-18/h5,7-12,28H,1,6,13H2,2-4H3,(H,25,27)/b20-12-. The van der Waals surface area contributed by atoms with Crippen molar-refractivity contribution in [3.8, 4) is 11.5 Å². The lowest BCUT2D eigenvalue weighted by atomic mass is 10.1. The topological polar surface area (TPSA) is 95.9 Å². The number of carbonyl (C=O) groups excluding carboxylic acids is 3. The van der Waals surface area contributed by atoms with E-state index in [0.29, 0.717) is 23.2 Å². The number of hydrogen-bond acceptors (Lipinski definition) is 6. The van der Waals surface area contributed by atoms with Crippen LogP contribution in [-0.4, -0.2) is 40.7 Å². The largest absolute Gasteiger partial charge is 0.504 e. The van der Waals surface area contributed by atoms with Crippen molar-refractivity contribution in [2.45, 2.75) is 20.3 Å². The molecule has 0 spiro atoms. The van der Waals surface area contributed by atoms with Gasteiger partial charge in [-0.1, -0.05) is 12.1 Å². The minimum atomic E-state index is -0.549. The van der Waals surface area contributed by atoms with Crippen molar-refractivity contribution < 1.29 is 24.2 Å². The third kappa shape index (κ3) is 5.03. The predicted molar refractivity (Wildman–Crippen MR) is 126 cm³/mol. The summed E-state index contributed by atoms with van der Waals surface area (Å²) in [6.45, 7) is 7.20. The summed E-state index contributed by atoms with van der Waals surface area (Å²) in [5.41, 5.74) is 3.89. The van der Waals surface area contributed by atoms with Crippen molar-refractivity contribution >= 4 is 40.6 Å². The minimum Gasteiger partial charge on any atom is -0.504 e. The fourth-order valence-electron chi connectivity index (χ4n) is 3.19. The summed E-state index contributed by atoms with van der Waals surface area (Å²) in [6, 6.07) is 8.76. The highest BCUT2D eigenvalue weighted by atomic mass is 32.2. The number of rotatable bonds is 7. The molecule has 2 N–H and O–H groups in total. The summed E-state index contributed by atoms with van der Waals surface area (Å²) in [7, 11) is 1.43. The average Bonchev–Trinajstić information content (AvgIpc) is 3.00. The van der Waals surface area contributed by atoms with E-state index in [0.717, 1.165) is 27.8 Å². The van der Waals surface area contributed by atoms with E-state index < -0.39 is 17.1 Å². The Morgan fingerprint density at radius 2 is 1.97 bits per heavy atom. The van der Waals surface area contributed by atoms with Crippen molar-refractivity contribution in [1.82, 2.24) is 4.90 Å². The van der Waals surface area contributed by atoms with E-state index in [1.807, 2.05) is 26.0 Å². The van der Waals surface area contributed by atoms with Crippen LogP contribution in [0.25, 0.3) is 6.08 Å². The van der Waals surface area contributed by atoms with Crippen molar-refractivity contribution in [1.29, 1.82) is 0 Å². The van der Waals surface area contributed by atoms with Gasteiger partial charge in [0.05, 0.1) is 12.0 Å². The van der Waals surface area contributed by atoms with E-state index >= 15 is 0 Å². The maximum absolute atomic E-state index is 12.8. The highest BCUT2D eigenvalue weighted by Crippen LogP contribution is 2.36. The van der Waals surface area contributed by atoms with Crippen LogP contribution < -0.4 is 10.1 Å². The van der Waals surface area contributed by atoms with E-state index in [2.05, 4.69) is 11.9 Å². The predicted octanol–water partition coefficient (Wildman–Crippen LogP) is 4.42. The first kappa shape index (κ1) is 23.1. The second-order valence-corrected chi connectivity index (χ2v) is 8.33. The molecule has 0 aromatic heterocycles.